The first kappa shape index (κ1) is 23.2. The normalized spacial score (nSPS) is 20.4. The molecule has 3 aromatic rings. The Balaban J connectivity index is 1.54. The molecule has 1 aromatic heterocycles. The highest BCUT2D eigenvalue weighted by molar-refractivity contribution is 6.30. The van der Waals surface area contributed by atoms with Gasteiger partial charge in [0.2, 0.25) is 0 Å². The molecule has 7 heteroatoms. The minimum atomic E-state index is -0.258. The highest BCUT2D eigenvalue weighted by Crippen LogP contribution is 2.43. The lowest BCUT2D eigenvalue weighted by molar-refractivity contribution is 0.0945. The standard InChI is InChI=1S/C26H28ClN3O3/c1-26(20-6-3-7-21(27)17-20)12-10-22(11-13-26)30-24(32)9-8-23(29-30)18-4-2-5-19(16-18)25(33)28-14-15-31/h2-9,16-17,22,31H,10-15H2,1H3,(H,28,33). The Morgan fingerprint density at radius 1 is 1.15 bits per heavy atom. The van der Waals surface area contributed by atoms with Gasteiger partial charge in [0.25, 0.3) is 11.5 Å². The maximum atomic E-state index is 12.7. The van der Waals surface area contributed by atoms with Gasteiger partial charge in [-0.15, -0.1) is 0 Å². The van der Waals surface area contributed by atoms with Crippen molar-refractivity contribution in [3.8, 4) is 11.3 Å². The predicted octanol–water partition coefficient (Wildman–Crippen LogP) is 4.36. The molecule has 0 saturated heterocycles. The van der Waals surface area contributed by atoms with E-state index in [1.165, 1.54) is 5.56 Å². The number of nitrogens with one attached hydrogen (secondary N) is 1. The lowest BCUT2D eigenvalue weighted by atomic mass is 9.69. The van der Waals surface area contributed by atoms with Crippen molar-refractivity contribution in [2.45, 2.75) is 44.1 Å². The zero-order valence-electron chi connectivity index (χ0n) is 18.6. The summed E-state index contributed by atoms with van der Waals surface area (Å²) >= 11 is 6.21. The summed E-state index contributed by atoms with van der Waals surface area (Å²) in [6, 6.07) is 18.4. The van der Waals surface area contributed by atoms with Gasteiger partial charge in [0.05, 0.1) is 18.3 Å². The maximum Gasteiger partial charge on any atom is 0.267 e. The van der Waals surface area contributed by atoms with Crippen molar-refractivity contribution in [3.05, 3.63) is 87.2 Å². The number of aliphatic hydroxyl groups is 1. The average Bonchev–Trinajstić information content (AvgIpc) is 2.83. The molecule has 1 aliphatic rings. The van der Waals surface area contributed by atoms with E-state index in [1.807, 2.05) is 24.3 Å². The molecule has 2 N–H and O–H groups in total. The molecule has 4 rings (SSSR count). The van der Waals surface area contributed by atoms with Crippen molar-refractivity contribution < 1.29 is 9.90 Å². The molecule has 1 fully saturated rings. The van der Waals surface area contributed by atoms with Gasteiger partial charge in [-0.25, -0.2) is 4.68 Å². The molecular weight excluding hydrogens is 438 g/mol. The first-order chi connectivity index (χ1) is 15.9. The van der Waals surface area contributed by atoms with E-state index in [0.29, 0.717) is 11.3 Å². The van der Waals surface area contributed by atoms with Crippen LogP contribution in [0, 0.1) is 0 Å². The lowest BCUT2D eigenvalue weighted by Gasteiger charge is -2.38. The lowest BCUT2D eigenvalue weighted by Crippen LogP contribution is -2.34. The van der Waals surface area contributed by atoms with Crippen molar-refractivity contribution in [2.75, 3.05) is 13.2 Å². The Bertz CT molecular complexity index is 1200. The van der Waals surface area contributed by atoms with Crippen molar-refractivity contribution in [1.82, 2.24) is 15.1 Å². The fraction of sp³-hybridized carbons (Fsp3) is 0.346. The quantitative estimate of drug-likeness (QED) is 0.566. The van der Waals surface area contributed by atoms with Crippen LogP contribution in [0.25, 0.3) is 11.3 Å². The van der Waals surface area contributed by atoms with E-state index >= 15 is 0 Å². The van der Waals surface area contributed by atoms with Crippen LogP contribution in [0.3, 0.4) is 0 Å². The molecule has 0 radical (unpaired) electrons. The van der Waals surface area contributed by atoms with Crippen molar-refractivity contribution in [2.24, 2.45) is 0 Å². The number of benzene rings is 2. The second kappa shape index (κ2) is 9.89. The third-order valence-corrected chi connectivity index (χ3v) is 6.80. The molecule has 0 unspecified atom stereocenters. The molecule has 0 atom stereocenters. The number of carbonyl (C=O) groups excluding carboxylic acids is 1. The molecule has 2 aromatic carbocycles. The van der Waals surface area contributed by atoms with E-state index in [2.05, 4.69) is 23.4 Å². The molecule has 6 nitrogen and oxygen atoms in total. The Hall–Kier alpha value is -2.96. The van der Waals surface area contributed by atoms with Crippen LogP contribution >= 0.6 is 11.6 Å². The van der Waals surface area contributed by atoms with Gasteiger partial charge in [-0.3, -0.25) is 9.59 Å². The molecule has 0 spiro atoms. The predicted molar refractivity (Wildman–Crippen MR) is 130 cm³/mol. The number of carbonyl (C=O) groups is 1. The molecule has 172 valence electrons. The van der Waals surface area contributed by atoms with E-state index in [4.69, 9.17) is 16.7 Å². The summed E-state index contributed by atoms with van der Waals surface area (Å²) in [5.74, 6) is -0.258. The van der Waals surface area contributed by atoms with Crippen LogP contribution in [-0.4, -0.2) is 33.9 Å². The zero-order chi connectivity index (χ0) is 23.4. The van der Waals surface area contributed by atoms with E-state index in [1.54, 1.807) is 35.0 Å². The SMILES string of the molecule is CC1(c2cccc(Cl)c2)CCC(n2nc(-c3cccc(C(=O)NCCO)c3)ccc2=O)CC1. The monoisotopic (exact) mass is 465 g/mol. The number of amides is 1. The summed E-state index contributed by atoms with van der Waals surface area (Å²) in [6.07, 6.45) is 3.58. The van der Waals surface area contributed by atoms with Crippen molar-refractivity contribution >= 4 is 17.5 Å². The molecule has 33 heavy (non-hydrogen) atoms. The van der Waals surface area contributed by atoms with Crippen molar-refractivity contribution in [1.29, 1.82) is 0 Å². The molecular formula is C26H28ClN3O3. The highest BCUT2D eigenvalue weighted by Gasteiger charge is 2.34. The van der Waals surface area contributed by atoms with Gasteiger partial charge in [0.15, 0.2) is 0 Å². The van der Waals surface area contributed by atoms with Crippen LogP contribution in [0.15, 0.2) is 65.5 Å². The van der Waals surface area contributed by atoms with Crippen molar-refractivity contribution in [3.63, 3.8) is 0 Å². The largest absolute Gasteiger partial charge is 0.395 e. The highest BCUT2D eigenvalue weighted by atomic mass is 35.5. The Morgan fingerprint density at radius 3 is 2.64 bits per heavy atom. The summed E-state index contributed by atoms with van der Waals surface area (Å²) < 4.78 is 1.60. The maximum absolute atomic E-state index is 12.7. The van der Waals surface area contributed by atoms with E-state index < -0.39 is 0 Å². The topological polar surface area (TPSA) is 84.2 Å². The first-order valence-corrected chi connectivity index (χ1v) is 11.6. The summed E-state index contributed by atoms with van der Waals surface area (Å²) in [5, 5.41) is 17.0. The third kappa shape index (κ3) is 5.18. The number of hydrogen-bond acceptors (Lipinski definition) is 4. The fourth-order valence-electron chi connectivity index (χ4n) is 4.57. The zero-order valence-corrected chi connectivity index (χ0v) is 19.4. The first-order valence-electron chi connectivity index (χ1n) is 11.2. The number of hydrogen-bond donors (Lipinski definition) is 2. The van der Waals surface area contributed by atoms with Crippen LogP contribution in [0.5, 0.6) is 0 Å². The molecule has 0 bridgehead atoms. The second-order valence-corrected chi connectivity index (χ2v) is 9.30. The summed E-state index contributed by atoms with van der Waals surface area (Å²) in [6.45, 7) is 2.34. The third-order valence-electron chi connectivity index (χ3n) is 6.57. The van der Waals surface area contributed by atoms with Gasteiger partial charge in [0.1, 0.15) is 0 Å². The van der Waals surface area contributed by atoms with Crippen LogP contribution in [0.2, 0.25) is 5.02 Å². The van der Waals surface area contributed by atoms with Gasteiger partial charge in [-0.05, 0) is 67.0 Å². The second-order valence-electron chi connectivity index (χ2n) is 8.86. The minimum Gasteiger partial charge on any atom is -0.395 e. The van der Waals surface area contributed by atoms with Gasteiger partial charge >= 0.3 is 0 Å². The molecule has 1 heterocycles. The van der Waals surface area contributed by atoms with E-state index in [9.17, 15) is 9.59 Å². The Kier molecular flexibility index (Phi) is 6.96. The molecule has 0 aliphatic heterocycles. The van der Waals surface area contributed by atoms with Crippen LogP contribution < -0.4 is 10.9 Å². The van der Waals surface area contributed by atoms with Gasteiger partial charge < -0.3 is 10.4 Å². The Morgan fingerprint density at radius 2 is 1.91 bits per heavy atom. The number of aliphatic hydroxyl groups excluding tert-OH is 1. The molecule has 1 amide bonds. The molecule has 1 saturated carbocycles. The van der Waals surface area contributed by atoms with Crippen LogP contribution in [0.4, 0.5) is 0 Å². The number of rotatable bonds is 6. The van der Waals surface area contributed by atoms with Gasteiger partial charge in [0, 0.05) is 28.8 Å². The summed E-state index contributed by atoms with van der Waals surface area (Å²) in [4.78, 5) is 24.9. The summed E-state index contributed by atoms with van der Waals surface area (Å²) in [5.41, 5.74) is 3.04. The minimum absolute atomic E-state index is 0.0267. The number of nitrogens with zero attached hydrogens (tertiary/aromatic N) is 2. The van der Waals surface area contributed by atoms with Crippen LogP contribution in [0.1, 0.15) is 54.6 Å². The van der Waals surface area contributed by atoms with Gasteiger partial charge in [-0.2, -0.15) is 5.10 Å². The average molecular weight is 466 g/mol. The Labute approximate surface area is 198 Å². The smallest absolute Gasteiger partial charge is 0.267 e. The number of halogens is 1. The van der Waals surface area contributed by atoms with Gasteiger partial charge in [-0.1, -0.05) is 42.8 Å². The van der Waals surface area contributed by atoms with Crippen LogP contribution in [-0.2, 0) is 5.41 Å². The molecule has 1 aliphatic carbocycles. The number of aromatic nitrogens is 2. The van der Waals surface area contributed by atoms with E-state index in [-0.39, 0.29) is 36.1 Å². The fourth-order valence-corrected chi connectivity index (χ4v) is 4.76. The summed E-state index contributed by atoms with van der Waals surface area (Å²) in [7, 11) is 0. The van der Waals surface area contributed by atoms with E-state index in [0.717, 1.165) is 36.3 Å².